The van der Waals surface area contributed by atoms with E-state index in [0.29, 0.717) is 0 Å². The van der Waals surface area contributed by atoms with Crippen molar-refractivity contribution in [3.63, 3.8) is 0 Å². The molecular weight excluding hydrogens is 189 g/mol. The second-order valence-electron chi connectivity index (χ2n) is 4.27. The number of rotatable bonds is 3. The van der Waals surface area contributed by atoms with Crippen molar-refractivity contribution < 1.29 is 4.39 Å². The lowest BCUT2D eigenvalue weighted by Gasteiger charge is -2.26. The Morgan fingerprint density at radius 3 is 2.60 bits per heavy atom. The van der Waals surface area contributed by atoms with Crippen LogP contribution in [-0.4, -0.2) is 12.2 Å². The molecule has 1 saturated carbocycles. The quantitative estimate of drug-likeness (QED) is 0.803. The molecule has 1 aliphatic carbocycles. The van der Waals surface area contributed by atoms with Crippen LogP contribution in [0.25, 0.3) is 0 Å². The third-order valence-electron chi connectivity index (χ3n) is 3.09. The Hall–Kier alpha value is -0.890. The lowest BCUT2D eigenvalue weighted by atomic mass is 9.93. The van der Waals surface area contributed by atoms with Crippen molar-refractivity contribution in [2.75, 3.05) is 0 Å². The number of hydrogen-bond acceptors (Lipinski definition) is 1. The summed E-state index contributed by atoms with van der Waals surface area (Å²) in [6.45, 7) is 0.784. The van der Waals surface area contributed by atoms with E-state index >= 15 is 0 Å². The minimum absolute atomic E-state index is 0.0685. The van der Waals surface area contributed by atoms with Crippen molar-refractivity contribution in [2.24, 2.45) is 0 Å². The first-order valence-corrected chi connectivity index (χ1v) is 5.77. The van der Waals surface area contributed by atoms with Gasteiger partial charge in [-0.1, -0.05) is 43.2 Å². The van der Waals surface area contributed by atoms with E-state index in [4.69, 9.17) is 0 Å². The van der Waals surface area contributed by atoms with Crippen LogP contribution in [0.2, 0.25) is 0 Å². The smallest absolute Gasteiger partial charge is 0.115 e. The van der Waals surface area contributed by atoms with Crippen LogP contribution in [0.4, 0.5) is 4.39 Å². The molecule has 0 heterocycles. The third kappa shape index (κ3) is 3.03. The van der Waals surface area contributed by atoms with Crippen molar-refractivity contribution >= 4 is 0 Å². The van der Waals surface area contributed by atoms with E-state index in [-0.39, 0.29) is 6.04 Å². The molecule has 2 atom stereocenters. The minimum atomic E-state index is -0.650. The molecule has 0 spiro atoms. The first-order chi connectivity index (χ1) is 7.36. The van der Waals surface area contributed by atoms with Gasteiger partial charge in [-0.2, -0.15) is 0 Å². The van der Waals surface area contributed by atoms with Gasteiger partial charge in [-0.25, -0.2) is 4.39 Å². The first kappa shape index (κ1) is 10.6. The largest absolute Gasteiger partial charge is 0.307 e. The predicted molar refractivity (Wildman–Crippen MR) is 60.4 cm³/mol. The van der Waals surface area contributed by atoms with Gasteiger partial charge in [0.1, 0.15) is 6.17 Å². The van der Waals surface area contributed by atoms with Gasteiger partial charge in [0.05, 0.1) is 0 Å². The first-order valence-electron chi connectivity index (χ1n) is 5.77. The third-order valence-corrected chi connectivity index (χ3v) is 3.09. The monoisotopic (exact) mass is 207 g/mol. The highest BCUT2D eigenvalue weighted by Crippen LogP contribution is 2.21. The summed E-state index contributed by atoms with van der Waals surface area (Å²) in [5.41, 5.74) is 1.23. The van der Waals surface area contributed by atoms with E-state index in [1.807, 2.05) is 18.2 Å². The normalized spacial score (nSPS) is 26.5. The standard InChI is InChI=1S/C13H18FN/c14-12-8-4-5-9-13(12)15-10-11-6-2-1-3-7-11/h1-3,6-7,12-13,15H,4-5,8-10H2/t12-,13-/m1/s1. The van der Waals surface area contributed by atoms with Gasteiger partial charge in [0.2, 0.25) is 0 Å². The zero-order chi connectivity index (χ0) is 10.5. The fourth-order valence-electron chi connectivity index (χ4n) is 2.16. The second-order valence-corrected chi connectivity index (χ2v) is 4.27. The Balaban J connectivity index is 1.82. The van der Waals surface area contributed by atoms with Crippen molar-refractivity contribution in [1.82, 2.24) is 5.32 Å². The van der Waals surface area contributed by atoms with Crippen LogP contribution >= 0.6 is 0 Å². The van der Waals surface area contributed by atoms with Gasteiger partial charge >= 0.3 is 0 Å². The second kappa shape index (κ2) is 5.26. The highest BCUT2D eigenvalue weighted by atomic mass is 19.1. The fraction of sp³-hybridized carbons (Fsp3) is 0.538. The summed E-state index contributed by atoms with van der Waals surface area (Å²) in [6.07, 6.45) is 3.26. The van der Waals surface area contributed by atoms with E-state index in [1.54, 1.807) is 0 Å². The van der Waals surface area contributed by atoms with Gasteiger partial charge in [0.15, 0.2) is 0 Å². The Kier molecular flexibility index (Phi) is 3.73. The molecule has 1 nitrogen and oxygen atoms in total. The summed E-state index contributed by atoms with van der Waals surface area (Å²) in [5, 5.41) is 3.31. The topological polar surface area (TPSA) is 12.0 Å². The van der Waals surface area contributed by atoms with E-state index in [0.717, 1.165) is 32.2 Å². The molecule has 1 N–H and O–H groups in total. The van der Waals surface area contributed by atoms with Gasteiger partial charge in [-0.3, -0.25) is 0 Å². The molecule has 0 amide bonds. The number of alkyl halides is 1. The maximum atomic E-state index is 13.5. The van der Waals surface area contributed by atoms with E-state index in [2.05, 4.69) is 17.4 Å². The summed E-state index contributed by atoms with van der Waals surface area (Å²) in [4.78, 5) is 0. The Morgan fingerprint density at radius 2 is 1.87 bits per heavy atom. The molecule has 0 aliphatic heterocycles. The molecule has 0 saturated heterocycles. The fourth-order valence-corrected chi connectivity index (χ4v) is 2.16. The SMILES string of the molecule is F[C@@H]1CCCC[C@H]1NCc1ccccc1. The average Bonchev–Trinajstić information content (AvgIpc) is 2.29. The van der Waals surface area contributed by atoms with Gasteiger partial charge in [0, 0.05) is 12.6 Å². The van der Waals surface area contributed by atoms with Crippen LogP contribution < -0.4 is 5.32 Å². The molecule has 2 heteroatoms. The molecule has 2 rings (SSSR count). The van der Waals surface area contributed by atoms with Crippen molar-refractivity contribution in [1.29, 1.82) is 0 Å². The van der Waals surface area contributed by atoms with Crippen LogP contribution in [0.3, 0.4) is 0 Å². The highest BCUT2D eigenvalue weighted by molar-refractivity contribution is 5.14. The van der Waals surface area contributed by atoms with Gasteiger partial charge in [-0.05, 0) is 18.4 Å². The van der Waals surface area contributed by atoms with Crippen LogP contribution in [0.15, 0.2) is 30.3 Å². The Morgan fingerprint density at radius 1 is 1.13 bits per heavy atom. The molecule has 1 aromatic rings. The molecule has 1 aromatic carbocycles. The van der Waals surface area contributed by atoms with E-state index in [1.165, 1.54) is 5.56 Å². The maximum absolute atomic E-state index is 13.5. The number of halogens is 1. The number of hydrogen-bond donors (Lipinski definition) is 1. The minimum Gasteiger partial charge on any atom is -0.307 e. The number of nitrogens with one attached hydrogen (secondary N) is 1. The molecule has 0 aromatic heterocycles. The summed E-state index contributed by atoms with van der Waals surface area (Å²) in [7, 11) is 0. The predicted octanol–water partition coefficient (Wildman–Crippen LogP) is 3.06. The van der Waals surface area contributed by atoms with Gasteiger partial charge in [0.25, 0.3) is 0 Å². The molecule has 0 unspecified atom stereocenters. The summed E-state index contributed by atoms with van der Waals surface area (Å²) >= 11 is 0. The van der Waals surface area contributed by atoms with Gasteiger partial charge in [-0.15, -0.1) is 0 Å². The molecule has 1 fully saturated rings. The molecule has 82 valence electrons. The average molecular weight is 207 g/mol. The van der Waals surface area contributed by atoms with Crippen molar-refractivity contribution in [3.05, 3.63) is 35.9 Å². The molecule has 1 aliphatic rings. The lowest BCUT2D eigenvalue weighted by molar-refractivity contribution is 0.188. The summed E-state index contributed by atoms with van der Waals surface area (Å²) < 4.78 is 13.5. The zero-order valence-electron chi connectivity index (χ0n) is 8.95. The van der Waals surface area contributed by atoms with Crippen LogP contribution in [0, 0.1) is 0 Å². The molecule has 15 heavy (non-hydrogen) atoms. The molecule has 0 radical (unpaired) electrons. The summed E-state index contributed by atoms with van der Waals surface area (Å²) in [6, 6.07) is 10.3. The van der Waals surface area contributed by atoms with Crippen LogP contribution in [0.1, 0.15) is 31.2 Å². The Labute approximate surface area is 90.7 Å². The summed E-state index contributed by atoms with van der Waals surface area (Å²) in [5.74, 6) is 0. The highest BCUT2D eigenvalue weighted by Gasteiger charge is 2.23. The van der Waals surface area contributed by atoms with E-state index in [9.17, 15) is 4.39 Å². The lowest BCUT2D eigenvalue weighted by Crippen LogP contribution is -2.39. The van der Waals surface area contributed by atoms with Crippen LogP contribution in [-0.2, 0) is 6.54 Å². The van der Waals surface area contributed by atoms with Crippen LogP contribution in [0.5, 0.6) is 0 Å². The molecular formula is C13H18FN. The van der Waals surface area contributed by atoms with Gasteiger partial charge < -0.3 is 5.32 Å². The zero-order valence-corrected chi connectivity index (χ0v) is 8.95. The maximum Gasteiger partial charge on any atom is 0.115 e. The Bertz CT molecular complexity index is 286. The molecule has 0 bridgehead atoms. The van der Waals surface area contributed by atoms with E-state index < -0.39 is 6.17 Å². The van der Waals surface area contributed by atoms with Crippen molar-refractivity contribution in [2.45, 2.75) is 44.4 Å². The number of benzene rings is 1. The van der Waals surface area contributed by atoms with Crippen molar-refractivity contribution in [3.8, 4) is 0 Å².